The molecule has 4 nitrogen and oxygen atoms in total. The number of piperidine rings is 1. The van der Waals surface area contributed by atoms with Gasteiger partial charge in [0, 0.05) is 25.2 Å². The summed E-state index contributed by atoms with van der Waals surface area (Å²) in [7, 11) is 0. The molecule has 2 fully saturated rings. The van der Waals surface area contributed by atoms with Crippen molar-refractivity contribution in [3.63, 3.8) is 0 Å². The van der Waals surface area contributed by atoms with Crippen LogP contribution in [0.1, 0.15) is 39.5 Å². The van der Waals surface area contributed by atoms with Crippen molar-refractivity contribution in [2.24, 2.45) is 0 Å². The van der Waals surface area contributed by atoms with Gasteiger partial charge < -0.3 is 10.2 Å². The predicted octanol–water partition coefficient (Wildman–Crippen LogP) is 1.07. The summed E-state index contributed by atoms with van der Waals surface area (Å²) in [6, 6.07) is 0.991. The number of likely N-dealkylation sites (N-methyl/N-ethyl adjacent to an activating group) is 1. The topological polar surface area (TPSA) is 35.6 Å². The molecule has 2 aliphatic rings. The third kappa shape index (κ3) is 3.23. The summed E-state index contributed by atoms with van der Waals surface area (Å²) in [5, 5.41) is 3.38. The third-order valence-corrected chi connectivity index (χ3v) is 4.42. The van der Waals surface area contributed by atoms with Gasteiger partial charge in [-0.2, -0.15) is 0 Å². The van der Waals surface area contributed by atoms with E-state index in [1.165, 1.54) is 25.7 Å². The fraction of sp³-hybridized carbons (Fsp3) is 0.929. The Balaban J connectivity index is 1.87. The van der Waals surface area contributed by atoms with Gasteiger partial charge in [0.2, 0.25) is 5.91 Å². The first-order chi connectivity index (χ1) is 8.72. The van der Waals surface area contributed by atoms with Crippen molar-refractivity contribution in [3.8, 4) is 0 Å². The number of rotatable bonds is 4. The maximum atomic E-state index is 12.4. The van der Waals surface area contributed by atoms with Gasteiger partial charge in [-0.3, -0.25) is 9.69 Å². The van der Waals surface area contributed by atoms with Crippen LogP contribution in [0.3, 0.4) is 0 Å². The Hall–Kier alpha value is -0.610. The summed E-state index contributed by atoms with van der Waals surface area (Å²) in [5.41, 5.74) is 0. The third-order valence-electron chi connectivity index (χ3n) is 4.42. The maximum Gasteiger partial charge on any atom is 0.236 e. The van der Waals surface area contributed by atoms with Gasteiger partial charge in [0.05, 0.1) is 6.54 Å². The Morgan fingerprint density at radius 3 is 2.83 bits per heavy atom. The van der Waals surface area contributed by atoms with E-state index in [1.54, 1.807) is 0 Å². The van der Waals surface area contributed by atoms with Gasteiger partial charge in [0.1, 0.15) is 0 Å². The first-order valence-electron chi connectivity index (χ1n) is 7.46. The van der Waals surface area contributed by atoms with Crippen LogP contribution in [0.25, 0.3) is 0 Å². The summed E-state index contributed by atoms with van der Waals surface area (Å²) >= 11 is 0. The summed E-state index contributed by atoms with van der Waals surface area (Å²) in [4.78, 5) is 16.8. The molecular weight excluding hydrogens is 226 g/mol. The molecule has 1 amide bonds. The standard InChI is InChI=1S/C14H27N3O/c1-3-16(13-7-8-15-10-13)11-14(18)17-9-5-4-6-12(17)2/h12-13,15H,3-11H2,1-2H3. The van der Waals surface area contributed by atoms with Crippen molar-refractivity contribution >= 4 is 5.91 Å². The van der Waals surface area contributed by atoms with E-state index in [2.05, 4.69) is 29.0 Å². The fourth-order valence-electron chi connectivity index (χ4n) is 3.18. The quantitative estimate of drug-likeness (QED) is 0.814. The molecule has 2 aliphatic heterocycles. The highest BCUT2D eigenvalue weighted by Gasteiger charge is 2.27. The summed E-state index contributed by atoms with van der Waals surface area (Å²) in [6.07, 6.45) is 4.79. The minimum atomic E-state index is 0.330. The van der Waals surface area contributed by atoms with Crippen LogP contribution < -0.4 is 5.32 Å². The van der Waals surface area contributed by atoms with E-state index < -0.39 is 0 Å². The lowest BCUT2D eigenvalue weighted by molar-refractivity contribution is -0.136. The van der Waals surface area contributed by atoms with Crippen LogP contribution in [-0.4, -0.2) is 60.5 Å². The van der Waals surface area contributed by atoms with E-state index >= 15 is 0 Å². The molecule has 0 radical (unpaired) electrons. The SMILES string of the molecule is CCN(CC(=O)N1CCCCC1C)C1CCNC1. The number of likely N-dealkylation sites (tertiary alicyclic amines) is 1. The fourth-order valence-corrected chi connectivity index (χ4v) is 3.18. The molecule has 0 aromatic heterocycles. The van der Waals surface area contributed by atoms with Gasteiger partial charge in [-0.15, -0.1) is 0 Å². The molecule has 0 aromatic rings. The van der Waals surface area contributed by atoms with E-state index in [-0.39, 0.29) is 0 Å². The summed E-state index contributed by atoms with van der Waals surface area (Å²) < 4.78 is 0. The minimum absolute atomic E-state index is 0.330. The molecule has 2 heterocycles. The zero-order chi connectivity index (χ0) is 13.0. The average molecular weight is 253 g/mol. The van der Waals surface area contributed by atoms with Gasteiger partial charge in [-0.25, -0.2) is 0 Å². The van der Waals surface area contributed by atoms with Crippen molar-refractivity contribution in [2.45, 2.75) is 51.6 Å². The molecule has 0 aromatic carbocycles. The molecule has 2 unspecified atom stereocenters. The minimum Gasteiger partial charge on any atom is -0.339 e. The Bertz CT molecular complexity index is 276. The molecule has 2 rings (SSSR count). The van der Waals surface area contributed by atoms with E-state index in [0.717, 1.165) is 26.2 Å². The molecule has 4 heteroatoms. The van der Waals surface area contributed by atoms with Gasteiger partial charge in [0.15, 0.2) is 0 Å². The highest BCUT2D eigenvalue weighted by Crippen LogP contribution is 2.17. The van der Waals surface area contributed by atoms with E-state index in [1.807, 2.05) is 0 Å². The molecule has 0 aliphatic carbocycles. The van der Waals surface area contributed by atoms with E-state index in [9.17, 15) is 4.79 Å². The van der Waals surface area contributed by atoms with Crippen LogP contribution in [0.2, 0.25) is 0 Å². The zero-order valence-corrected chi connectivity index (χ0v) is 11.8. The first kappa shape index (κ1) is 13.8. The zero-order valence-electron chi connectivity index (χ0n) is 11.8. The summed E-state index contributed by atoms with van der Waals surface area (Å²) in [6.45, 7) is 9.01. The Morgan fingerprint density at radius 1 is 1.39 bits per heavy atom. The predicted molar refractivity (Wildman–Crippen MR) is 73.5 cm³/mol. The molecule has 0 bridgehead atoms. The second-order valence-corrected chi connectivity index (χ2v) is 5.64. The lowest BCUT2D eigenvalue weighted by Gasteiger charge is -2.36. The van der Waals surface area contributed by atoms with Crippen LogP contribution in [0.4, 0.5) is 0 Å². The number of nitrogens with one attached hydrogen (secondary N) is 1. The molecule has 18 heavy (non-hydrogen) atoms. The molecule has 2 atom stereocenters. The highest BCUT2D eigenvalue weighted by molar-refractivity contribution is 5.78. The number of hydrogen-bond acceptors (Lipinski definition) is 3. The van der Waals surface area contributed by atoms with Crippen LogP contribution in [0.5, 0.6) is 0 Å². The number of nitrogens with zero attached hydrogens (tertiary/aromatic N) is 2. The van der Waals surface area contributed by atoms with Gasteiger partial charge >= 0.3 is 0 Å². The van der Waals surface area contributed by atoms with Gasteiger partial charge in [-0.05, 0) is 45.7 Å². The number of carbonyl (C=O) groups excluding carboxylic acids is 1. The number of hydrogen-bond donors (Lipinski definition) is 1. The van der Waals surface area contributed by atoms with Crippen LogP contribution in [0, 0.1) is 0 Å². The maximum absolute atomic E-state index is 12.4. The molecule has 0 spiro atoms. The Labute approximate surface area is 111 Å². The van der Waals surface area contributed by atoms with Crippen LogP contribution in [-0.2, 0) is 4.79 Å². The monoisotopic (exact) mass is 253 g/mol. The second kappa shape index (κ2) is 6.53. The van der Waals surface area contributed by atoms with Crippen molar-refractivity contribution in [1.29, 1.82) is 0 Å². The van der Waals surface area contributed by atoms with Crippen molar-refractivity contribution < 1.29 is 4.79 Å². The van der Waals surface area contributed by atoms with Crippen molar-refractivity contribution in [1.82, 2.24) is 15.1 Å². The van der Waals surface area contributed by atoms with Crippen molar-refractivity contribution in [3.05, 3.63) is 0 Å². The molecule has 0 saturated carbocycles. The molecule has 1 N–H and O–H groups in total. The molecule has 104 valence electrons. The average Bonchev–Trinajstić information content (AvgIpc) is 2.90. The van der Waals surface area contributed by atoms with Gasteiger partial charge in [-0.1, -0.05) is 6.92 Å². The van der Waals surface area contributed by atoms with E-state index in [0.29, 0.717) is 24.5 Å². The lowest BCUT2D eigenvalue weighted by Crippen LogP contribution is -2.49. The highest BCUT2D eigenvalue weighted by atomic mass is 16.2. The number of carbonyl (C=O) groups is 1. The van der Waals surface area contributed by atoms with Crippen LogP contribution in [0.15, 0.2) is 0 Å². The normalized spacial score (nSPS) is 28.9. The first-order valence-corrected chi connectivity index (χ1v) is 7.46. The van der Waals surface area contributed by atoms with E-state index in [4.69, 9.17) is 0 Å². The van der Waals surface area contributed by atoms with Gasteiger partial charge in [0.25, 0.3) is 0 Å². The lowest BCUT2D eigenvalue weighted by atomic mass is 10.0. The number of amides is 1. The van der Waals surface area contributed by atoms with Crippen LogP contribution >= 0.6 is 0 Å². The van der Waals surface area contributed by atoms with Crippen molar-refractivity contribution in [2.75, 3.05) is 32.7 Å². The smallest absolute Gasteiger partial charge is 0.236 e. The largest absolute Gasteiger partial charge is 0.339 e. The Kier molecular flexibility index (Phi) is 5.01. The Morgan fingerprint density at radius 2 is 2.22 bits per heavy atom. The molecule has 2 saturated heterocycles. The molecular formula is C14H27N3O. The second-order valence-electron chi connectivity index (χ2n) is 5.64. The summed E-state index contributed by atoms with van der Waals surface area (Å²) in [5.74, 6) is 0.330.